The van der Waals surface area contributed by atoms with E-state index in [1.807, 2.05) is 0 Å². The van der Waals surface area contributed by atoms with Crippen LogP contribution in [0.4, 0.5) is 4.39 Å². The van der Waals surface area contributed by atoms with Crippen LogP contribution < -0.4 is 14.8 Å². The van der Waals surface area contributed by atoms with Crippen molar-refractivity contribution in [1.82, 2.24) is 10.0 Å². The van der Waals surface area contributed by atoms with Gasteiger partial charge in [-0.1, -0.05) is 18.9 Å². The molecule has 1 unspecified atom stereocenters. The standard InChI is InChI=1S/C23H35FN2O6S/c1-22(2,29)16-32-20-14-18(8-9-19(20)24)23(10-11-23)26-33(30,31)12-6-4-5-7-17(15-27)13-21(28)25-3/h8-9,14-15,17,26,29H,4-7,10-13,16H2,1-3H3,(H,25,28). The van der Waals surface area contributed by atoms with Crippen LogP contribution >= 0.6 is 0 Å². The highest BCUT2D eigenvalue weighted by molar-refractivity contribution is 7.89. The number of rotatable bonds is 15. The first kappa shape index (κ1) is 27.2. The minimum absolute atomic E-state index is 0.0263. The van der Waals surface area contributed by atoms with Crippen LogP contribution in [0.25, 0.3) is 0 Å². The summed E-state index contributed by atoms with van der Waals surface area (Å²) in [5.74, 6) is -1.21. The second kappa shape index (κ2) is 11.4. The molecule has 1 fully saturated rings. The predicted molar refractivity (Wildman–Crippen MR) is 123 cm³/mol. The third kappa shape index (κ3) is 9.02. The fourth-order valence-corrected chi connectivity index (χ4v) is 5.13. The van der Waals surface area contributed by atoms with Crippen LogP contribution in [0.3, 0.4) is 0 Å². The Balaban J connectivity index is 1.88. The van der Waals surface area contributed by atoms with E-state index in [1.165, 1.54) is 19.2 Å². The molecule has 1 aromatic carbocycles. The van der Waals surface area contributed by atoms with Crippen molar-refractivity contribution in [3.05, 3.63) is 29.6 Å². The Labute approximate surface area is 195 Å². The number of carbonyl (C=O) groups excluding carboxylic acids is 2. The minimum atomic E-state index is -3.57. The molecule has 1 amide bonds. The molecular formula is C23H35FN2O6S. The third-order valence-corrected chi connectivity index (χ3v) is 7.10. The summed E-state index contributed by atoms with van der Waals surface area (Å²) in [5.41, 5.74) is -1.27. The Kier molecular flexibility index (Phi) is 9.39. The molecule has 0 aromatic heterocycles. The zero-order valence-electron chi connectivity index (χ0n) is 19.5. The molecule has 2 rings (SSSR count). The third-order valence-electron chi connectivity index (χ3n) is 5.57. The normalized spacial score (nSPS) is 16.2. The van der Waals surface area contributed by atoms with Crippen molar-refractivity contribution in [3.63, 3.8) is 0 Å². The number of amides is 1. The second-order valence-corrected chi connectivity index (χ2v) is 11.2. The van der Waals surface area contributed by atoms with E-state index in [1.54, 1.807) is 19.9 Å². The van der Waals surface area contributed by atoms with Crippen molar-refractivity contribution < 1.29 is 32.2 Å². The summed E-state index contributed by atoms with van der Waals surface area (Å²) in [6.07, 6.45) is 4.36. The largest absolute Gasteiger partial charge is 0.488 e. The molecule has 1 atom stereocenters. The van der Waals surface area contributed by atoms with Gasteiger partial charge in [0.15, 0.2) is 11.6 Å². The molecule has 0 radical (unpaired) electrons. The number of benzene rings is 1. The van der Waals surface area contributed by atoms with Gasteiger partial charge < -0.3 is 20.0 Å². The number of carbonyl (C=O) groups is 2. The highest BCUT2D eigenvalue weighted by Crippen LogP contribution is 2.47. The monoisotopic (exact) mass is 486 g/mol. The van der Waals surface area contributed by atoms with E-state index in [0.29, 0.717) is 44.1 Å². The van der Waals surface area contributed by atoms with E-state index in [9.17, 15) is 27.5 Å². The van der Waals surface area contributed by atoms with Gasteiger partial charge in [0.1, 0.15) is 12.9 Å². The maximum Gasteiger partial charge on any atom is 0.220 e. The van der Waals surface area contributed by atoms with Crippen LogP contribution in [0, 0.1) is 11.7 Å². The van der Waals surface area contributed by atoms with Gasteiger partial charge in [-0.15, -0.1) is 0 Å². The van der Waals surface area contributed by atoms with Gasteiger partial charge in [0, 0.05) is 19.4 Å². The first-order valence-electron chi connectivity index (χ1n) is 11.2. The molecule has 186 valence electrons. The summed E-state index contributed by atoms with van der Waals surface area (Å²) in [6, 6.07) is 4.28. The van der Waals surface area contributed by atoms with Crippen LogP contribution in [0.15, 0.2) is 18.2 Å². The van der Waals surface area contributed by atoms with Gasteiger partial charge in [-0.2, -0.15) is 0 Å². The maximum absolute atomic E-state index is 14.1. The average Bonchev–Trinajstić information content (AvgIpc) is 3.50. The quantitative estimate of drug-likeness (QED) is 0.259. The van der Waals surface area contributed by atoms with Gasteiger partial charge >= 0.3 is 0 Å². The Hall–Kier alpha value is -2.04. The van der Waals surface area contributed by atoms with Crippen LogP contribution in [0.2, 0.25) is 0 Å². The Morgan fingerprint density at radius 3 is 2.58 bits per heavy atom. The van der Waals surface area contributed by atoms with E-state index in [-0.39, 0.29) is 36.4 Å². The number of ether oxygens (including phenoxy) is 1. The van der Waals surface area contributed by atoms with E-state index in [0.717, 1.165) is 6.29 Å². The highest BCUT2D eigenvalue weighted by atomic mass is 32.2. The number of sulfonamides is 1. The summed E-state index contributed by atoms with van der Waals surface area (Å²) < 4.78 is 47.6. The number of nitrogens with one attached hydrogen (secondary N) is 2. The predicted octanol–water partition coefficient (Wildman–Crippen LogP) is 2.40. The summed E-state index contributed by atoms with van der Waals surface area (Å²) in [4.78, 5) is 22.5. The lowest BCUT2D eigenvalue weighted by Gasteiger charge is -2.21. The van der Waals surface area contributed by atoms with Crippen LogP contribution in [-0.2, 0) is 25.2 Å². The fraction of sp³-hybridized carbons (Fsp3) is 0.652. The molecule has 0 aliphatic heterocycles. The zero-order chi connectivity index (χ0) is 24.7. The maximum atomic E-state index is 14.1. The summed E-state index contributed by atoms with van der Waals surface area (Å²) in [5, 5.41) is 12.3. The molecule has 0 heterocycles. The molecule has 1 aliphatic rings. The van der Waals surface area contributed by atoms with Crippen LogP contribution in [0.5, 0.6) is 5.75 Å². The molecule has 0 saturated heterocycles. The molecule has 33 heavy (non-hydrogen) atoms. The van der Waals surface area contributed by atoms with Gasteiger partial charge in [-0.3, -0.25) is 4.79 Å². The second-order valence-electron chi connectivity index (χ2n) is 9.37. The smallest absolute Gasteiger partial charge is 0.220 e. The molecule has 0 spiro atoms. The average molecular weight is 487 g/mol. The SMILES string of the molecule is CNC(=O)CC(C=O)CCCCCS(=O)(=O)NC1(c2ccc(F)c(OCC(C)(C)O)c2)CC1. The molecule has 1 aromatic rings. The number of hydrogen-bond donors (Lipinski definition) is 3. The summed E-state index contributed by atoms with van der Waals surface area (Å²) in [7, 11) is -2.05. The Bertz CT molecular complexity index is 925. The number of hydrogen-bond acceptors (Lipinski definition) is 6. The first-order valence-corrected chi connectivity index (χ1v) is 12.9. The van der Waals surface area contributed by atoms with E-state index in [2.05, 4.69) is 10.0 Å². The molecular weight excluding hydrogens is 451 g/mol. The lowest BCUT2D eigenvalue weighted by atomic mass is 9.99. The van der Waals surface area contributed by atoms with E-state index >= 15 is 0 Å². The molecule has 8 nitrogen and oxygen atoms in total. The molecule has 1 aliphatic carbocycles. The zero-order valence-corrected chi connectivity index (χ0v) is 20.3. The van der Waals surface area contributed by atoms with Gasteiger partial charge in [0.2, 0.25) is 15.9 Å². The molecule has 3 N–H and O–H groups in total. The van der Waals surface area contributed by atoms with Crippen molar-refractivity contribution in [1.29, 1.82) is 0 Å². The van der Waals surface area contributed by atoms with Crippen LogP contribution in [0.1, 0.15) is 64.4 Å². The van der Waals surface area contributed by atoms with Crippen molar-refractivity contribution >= 4 is 22.2 Å². The highest BCUT2D eigenvalue weighted by Gasteiger charge is 2.47. The summed E-state index contributed by atoms with van der Waals surface area (Å²) in [6.45, 7) is 3.00. The van der Waals surface area contributed by atoms with Crippen LogP contribution in [-0.4, -0.2) is 50.7 Å². The molecule has 10 heteroatoms. The van der Waals surface area contributed by atoms with Crippen molar-refractivity contribution in [2.24, 2.45) is 5.92 Å². The van der Waals surface area contributed by atoms with Gasteiger partial charge in [0.05, 0.1) is 16.9 Å². The number of unbranched alkanes of at least 4 members (excludes halogenated alkanes) is 2. The van der Waals surface area contributed by atoms with E-state index < -0.39 is 27.0 Å². The van der Waals surface area contributed by atoms with Gasteiger partial charge in [-0.25, -0.2) is 17.5 Å². The number of halogens is 1. The van der Waals surface area contributed by atoms with Gasteiger partial charge in [-0.05, 0) is 57.2 Å². The number of aliphatic hydroxyl groups is 1. The molecule has 1 saturated carbocycles. The Morgan fingerprint density at radius 1 is 1.30 bits per heavy atom. The summed E-state index contributed by atoms with van der Waals surface area (Å²) >= 11 is 0. The van der Waals surface area contributed by atoms with Crippen molar-refractivity contribution in [2.75, 3.05) is 19.4 Å². The minimum Gasteiger partial charge on any atom is -0.488 e. The topological polar surface area (TPSA) is 122 Å². The lowest BCUT2D eigenvalue weighted by molar-refractivity contribution is -0.124. The first-order chi connectivity index (χ1) is 15.4. The fourth-order valence-electron chi connectivity index (χ4n) is 3.52. The van der Waals surface area contributed by atoms with E-state index in [4.69, 9.17) is 4.74 Å². The Morgan fingerprint density at radius 2 is 2.00 bits per heavy atom. The van der Waals surface area contributed by atoms with Gasteiger partial charge in [0.25, 0.3) is 0 Å². The number of aldehydes is 1. The van der Waals surface area contributed by atoms with Crippen molar-refractivity contribution in [2.45, 2.75) is 69.9 Å². The molecule has 0 bridgehead atoms. The lowest BCUT2D eigenvalue weighted by Crippen LogP contribution is -2.36. The van der Waals surface area contributed by atoms with Crippen molar-refractivity contribution in [3.8, 4) is 5.75 Å².